The van der Waals surface area contributed by atoms with Gasteiger partial charge in [0, 0.05) is 0 Å². The number of aromatic nitrogens is 2. The Kier molecular flexibility index (Phi) is 6.01. The molecule has 21 heavy (non-hydrogen) atoms. The number of anilines is 1. The van der Waals surface area contributed by atoms with Crippen LogP contribution >= 0.6 is 23.1 Å². The summed E-state index contributed by atoms with van der Waals surface area (Å²) in [4.78, 5) is 12.2. The van der Waals surface area contributed by atoms with Crippen molar-refractivity contribution in [2.45, 2.75) is 30.7 Å². The van der Waals surface area contributed by atoms with E-state index < -0.39 is 6.10 Å². The highest BCUT2D eigenvalue weighted by Gasteiger charge is 2.20. The molecule has 0 aliphatic carbocycles. The number of carbonyl (C=O) groups excluding carboxylic acids is 1. The number of hydrogen-bond donors (Lipinski definition) is 1. The van der Waals surface area contributed by atoms with Crippen LogP contribution in [0.25, 0.3) is 0 Å². The topological polar surface area (TPSA) is 64.1 Å². The summed E-state index contributed by atoms with van der Waals surface area (Å²) in [7, 11) is 0. The molecule has 1 N–H and O–H groups in total. The molecule has 7 heteroatoms. The number of amides is 1. The van der Waals surface area contributed by atoms with E-state index in [2.05, 4.69) is 15.5 Å². The Hall–Kier alpha value is -1.60. The van der Waals surface area contributed by atoms with Crippen LogP contribution in [0, 0.1) is 0 Å². The zero-order valence-electron chi connectivity index (χ0n) is 11.9. The largest absolute Gasteiger partial charge is 0.481 e. The minimum Gasteiger partial charge on any atom is -0.481 e. The van der Waals surface area contributed by atoms with Crippen molar-refractivity contribution in [3.8, 4) is 5.75 Å². The van der Waals surface area contributed by atoms with Crippen molar-refractivity contribution < 1.29 is 9.53 Å². The molecule has 1 heterocycles. The Bertz CT molecular complexity index is 575. The quantitative estimate of drug-likeness (QED) is 0.624. The lowest BCUT2D eigenvalue weighted by Gasteiger charge is -2.16. The molecule has 2 rings (SSSR count). The number of thioether (sulfide) groups is 1. The van der Waals surface area contributed by atoms with Gasteiger partial charge in [0.2, 0.25) is 5.13 Å². The van der Waals surface area contributed by atoms with Gasteiger partial charge in [0.15, 0.2) is 10.4 Å². The summed E-state index contributed by atoms with van der Waals surface area (Å²) in [5, 5.41) is 11.2. The van der Waals surface area contributed by atoms with E-state index in [1.54, 1.807) is 11.8 Å². The number of carbonyl (C=O) groups is 1. The van der Waals surface area contributed by atoms with E-state index in [9.17, 15) is 4.79 Å². The fourth-order valence-corrected chi connectivity index (χ4v) is 3.27. The van der Waals surface area contributed by atoms with Gasteiger partial charge in [0.05, 0.1) is 0 Å². The first-order chi connectivity index (χ1) is 10.2. The summed E-state index contributed by atoms with van der Waals surface area (Å²) in [5.74, 6) is 1.40. The van der Waals surface area contributed by atoms with Crippen LogP contribution in [0.3, 0.4) is 0 Å². The van der Waals surface area contributed by atoms with Crippen LogP contribution in [0.2, 0.25) is 0 Å². The third-order valence-corrected chi connectivity index (χ3v) is 4.44. The van der Waals surface area contributed by atoms with Crippen LogP contribution in [0.5, 0.6) is 5.75 Å². The predicted octanol–water partition coefficient (Wildman–Crippen LogP) is 3.45. The van der Waals surface area contributed by atoms with Crippen LogP contribution in [0.1, 0.15) is 20.3 Å². The van der Waals surface area contributed by atoms with Crippen LogP contribution in [-0.2, 0) is 4.79 Å². The molecule has 0 aliphatic heterocycles. The zero-order chi connectivity index (χ0) is 15.1. The molecule has 1 aromatic carbocycles. The molecule has 1 atom stereocenters. The smallest absolute Gasteiger partial charge is 0.267 e. The van der Waals surface area contributed by atoms with E-state index in [1.165, 1.54) is 11.3 Å². The average molecular weight is 323 g/mol. The van der Waals surface area contributed by atoms with Crippen molar-refractivity contribution in [1.82, 2.24) is 10.2 Å². The van der Waals surface area contributed by atoms with E-state index >= 15 is 0 Å². The Morgan fingerprint density at radius 1 is 1.33 bits per heavy atom. The second-order valence-corrected chi connectivity index (χ2v) is 6.61. The Balaban J connectivity index is 1.96. The second kappa shape index (κ2) is 7.99. The number of nitrogens with zero attached hydrogens (tertiary/aromatic N) is 2. The van der Waals surface area contributed by atoms with Gasteiger partial charge in [-0.3, -0.25) is 10.1 Å². The van der Waals surface area contributed by atoms with Gasteiger partial charge in [-0.15, -0.1) is 10.2 Å². The maximum atomic E-state index is 12.2. The fourth-order valence-electron chi connectivity index (χ4n) is 1.61. The summed E-state index contributed by atoms with van der Waals surface area (Å²) in [6.45, 7) is 3.96. The molecule has 1 aromatic heterocycles. The monoisotopic (exact) mass is 323 g/mol. The zero-order valence-corrected chi connectivity index (χ0v) is 13.5. The SMILES string of the molecule is CCSc1nnc(NC(=O)[C@@H](CC)Oc2ccccc2)s1. The van der Waals surface area contributed by atoms with Crippen LogP contribution < -0.4 is 10.1 Å². The molecule has 0 radical (unpaired) electrons. The Morgan fingerprint density at radius 3 is 2.76 bits per heavy atom. The Morgan fingerprint density at radius 2 is 2.10 bits per heavy atom. The fraction of sp³-hybridized carbons (Fsp3) is 0.357. The third kappa shape index (κ3) is 4.71. The van der Waals surface area contributed by atoms with Gasteiger partial charge in [0.1, 0.15) is 5.75 Å². The van der Waals surface area contributed by atoms with Crippen molar-refractivity contribution in [3.05, 3.63) is 30.3 Å². The van der Waals surface area contributed by atoms with Crippen LogP contribution in [0.15, 0.2) is 34.7 Å². The van der Waals surface area contributed by atoms with Gasteiger partial charge in [-0.05, 0) is 24.3 Å². The molecular formula is C14H17N3O2S2. The van der Waals surface area contributed by atoms with Gasteiger partial charge in [0.25, 0.3) is 5.91 Å². The van der Waals surface area contributed by atoms with Crippen molar-refractivity contribution in [3.63, 3.8) is 0 Å². The normalized spacial score (nSPS) is 11.9. The highest BCUT2D eigenvalue weighted by atomic mass is 32.2. The van der Waals surface area contributed by atoms with Gasteiger partial charge < -0.3 is 4.74 Å². The predicted molar refractivity (Wildman–Crippen MR) is 86.1 cm³/mol. The first kappa shape index (κ1) is 15.8. The molecule has 5 nitrogen and oxygen atoms in total. The molecule has 1 amide bonds. The number of benzene rings is 1. The first-order valence-electron chi connectivity index (χ1n) is 6.71. The van der Waals surface area contributed by atoms with E-state index in [0.29, 0.717) is 17.3 Å². The maximum Gasteiger partial charge on any atom is 0.267 e. The minimum absolute atomic E-state index is 0.203. The van der Waals surface area contributed by atoms with E-state index in [1.807, 2.05) is 44.2 Å². The van der Waals surface area contributed by atoms with Crippen molar-refractivity contribution in [1.29, 1.82) is 0 Å². The highest BCUT2D eigenvalue weighted by molar-refractivity contribution is 8.01. The van der Waals surface area contributed by atoms with Gasteiger partial charge in [-0.25, -0.2) is 0 Å². The molecule has 0 fully saturated rings. The molecule has 0 bridgehead atoms. The van der Waals surface area contributed by atoms with Crippen molar-refractivity contribution in [2.75, 3.05) is 11.1 Å². The van der Waals surface area contributed by atoms with E-state index in [0.717, 1.165) is 10.1 Å². The van der Waals surface area contributed by atoms with Gasteiger partial charge >= 0.3 is 0 Å². The molecule has 0 aliphatic rings. The summed E-state index contributed by atoms with van der Waals surface area (Å²) < 4.78 is 6.54. The molecule has 0 unspecified atom stereocenters. The number of ether oxygens (including phenoxy) is 1. The van der Waals surface area contributed by atoms with E-state index in [4.69, 9.17) is 4.74 Å². The van der Waals surface area contributed by atoms with Crippen molar-refractivity contribution >= 4 is 34.1 Å². The summed E-state index contributed by atoms with van der Waals surface area (Å²) in [6.07, 6.45) is 0.0365. The lowest BCUT2D eigenvalue weighted by atomic mass is 10.2. The summed E-state index contributed by atoms with van der Waals surface area (Å²) in [6, 6.07) is 9.31. The van der Waals surface area contributed by atoms with Gasteiger partial charge in [-0.2, -0.15) is 0 Å². The molecule has 0 saturated carbocycles. The molecule has 0 spiro atoms. The molecule has 2 aromatic rings. The molecule has 112 valence electrons. The van der Waals surface area contributed by atoms with E-state index in [-0.39, 0.29) is 5.91 Å². The summed E-state index contributed by atoms with van der Waals surface area (Å²) in [5.41, 5.74) is 0. The lowest BCUT2D eigenvalue weighted by Crippen LogP contribution is -2.32. The second-order valence-electron chi connectivity index (χ2n) is 4.12. The lowest BCUT2D eigenvalue weighted by molar-refractivity contribution is -0.122. The van der Waals surface area contributed by atoms with Gasteiger partial charge in [-0.1, -0.05) is 55.1 Å². The Labute approximate surface area is 132 Å². The number of nitrogens with one attached hydrogen (secondary N) is 1. The molecular weight excluding hydrogens is 306 g/mol. The average Bonchev–Trinajstić information content (AvgIpc) is 2.93. The van der Waals surface area contributed by atoms with Crippen molar-refractivity contribution in [2.24, 2.45) is 0 Å². The number of rotatable bonds is 7. The summed E-state index contributed by atoms with van der Waals surface area (Å²) >= 11 is 2.98. The molecule has 0 saturated heterocycles. The van der Waals surface area contributed by atoms with Crippen LogP contribution in [-0.4, -0.2) is 28.0 Å². The maximum absolute atomic E-state index is 12.2. The third-order valence-electron chi connectivity index (χ3n) is 2.59. The standard InChI is InChI=1S/C14H17N3O2S2/c1-3-11(19-10-8-6-5-7-9-10)12(18)15-13-16-17-14(21-13)20-4-2/h5-9,11H,3-4H2,1-2H3,(H,15,16,18)/t11-/m1/s1. The number of para-hydroxylation sites is 1. The first-order valence-corrected chi connectivity index (χ1v) is 8.52. The number of hydrogen-bond acceptors (Lipinski definition) is 6. The van der Waals surface area contributed by atoms with Crippen LogP contribution in [0.4, 0.5) is 5.13 Å². The highest BCUT2D eigenvalue weighted by Crippen LogP contribution is 2.25. The minimum atomic E-state index is -0.543.